The summed E-state index contributed by atoms with van der Waals surface area (Å²) >= 11 is 0. The standard InChI is InChI=1S/C30H38N2O6/c33-27(15-17-29(35)37-23-7-13-25-9-3-1-4-10-25)31-19-21-32(22-20-31)28(34)16-18-30(36)38-24-8-14-26-11-5-2-6-12-26/h1-6,9-12H,7-8,13-24H2. The maximum absolute atomic E-state index is 12.5. The van der Waals surface area contributed by atoms with Crippen molar-refractivity contribution < 1.29 is 28.7 Å². The second-order valence-electron chi connectivity index (χ2n) is 9.38. The number of aryl methyl sites for hydroxylation is 2. The first-order valence-electron chi connectivity index (χ1n) is 13.5. The molecular weight excluding hydrogens is 484 g/mol. The SMILES string of the molecule is O=C(CCC(=O)N1CCN(C(=O)CCC(=O)OCCCc2ccccc2)CC1)OCCCc1ccccc1. The minimum absolute atomic E-state index is 0.0524. The van der Waals surface area contributed by atoms with Crippen LogP contribution in [0.1, 0.15) is 49.7 Å². The van der Waals surface area contributed by atoms with Gasteiger partial charge in [-0.15, -0.1) is 0 Å². The molecule has 8 nitrogen and oxygen atoms in total. The van der Waals surface area contributed by atoms with Crippen LogP contribution >= 0.6 is 0 Å². The third-order valence-corrected chi connectivity index (χ3v) is 6.50. The Kier molecular flexibility index (Phi) is 12.3. The van der Waals surface area contributed by atoms with Gasteiger partial charge in [0.25, 0.3) is 0 Å². The first-order valence-corrected chi connectivity index (χ1v) is 13.5. The fourth-order valence-electron chi connectivity index (χ4n) is 4.30. The molecule has 204 valence electrons. The van der Waals surface area contributed by atoms with Crippen LogP contribution in [-0.2, 0) is 41.5 Å². The van der Waals surface area contributed by atoms with Crippen LogP contribution in [0.4, 0.5) is 0 Å². The van der Waals surface area contributed by atoms with Gasteiger partial charge in [-0.05, 0) is 36.8 Å². The molecule has 1 aliphatic rings. The van der Waals surface area contributed by atoms with E-state index in [2.05, 4.69) is 0 Å². The number of ether oxygens (including phenoxy) is 2. The fraction of sp³-hybridized carbons (Fsp3) is 0.467. The smallest absolute Gasteiger partial charge is 0.306 e. The first kappa shape index (κ1) is 28.9. The molecule has 0 spiro atoms. The van der Waals surface area contributed by atoms with E-state index in [1.165, 1.54) is 11.1 Å². The van der Waals surface area contributed by atoms with Gasteiger partial charge in [0.05, 0.1) is 26.1 Å². The minimum Gasteiger partial charge on any atom is -0.466 e. The Labute approximate surface area is 224 Å². The molecule has 0 atom stereocenters. The molecule has 2 amide bonds. The highest BCUT2D eigenvalue weighted by molar-refractivity contribution is 5.83. The van der Waals surface area contributed by atoms with Crippen LogP contribution in [0.25, 0.3) is 0 Å². The lowest BCUT2D eigenvalue weighted by molar-refractivity contribution is -0.148. The zero-order valence-corrected chi connectivity index (χ0v) is 22.0. The van der Waals surface area contributed by atoms with Gasteiger partial charge in [-0.1, -0.05) is 60.7 Å². The largest absolute Gasteiger partial charge is 0.466 e. The van der Waals surface area contributed by atoms with Gasteiger partial charge in [0.15, 0.2) is 0 Å². The molecule has 0 aliphatic carbocycles. The average molecular weight is 523 g/mol. The number of carbonyl (C=O) groups is 4. The number of esters is 2. The van der Waals surface area contributed by atoms with Crippen molar-refractivity contribution in [2.45, 2.75) is 51.4 Å². The average Bonchev–Trinajstić information content (AvgIpc) is 2.96. The van der Waals surface area contributed by atoms with Gasteiger partial charge >= 0.3 is 11.9 Å². The third-order valence-electron chi connectivity index (χ3n) is 6.50. The Balaban J connectivity index is 1.21. The zero-order valence-electron chi connectivity index (χ0n) is 22.0. The van der Waals surface area contributed by atoms with E-state index in [-0.39, 0.29) is 49.4 Å². The van der Waals surface area contributed by atoms with Gasteiger partial charge in [0.1, 0.15) is 0 Å². The van der Waals surface area contributed by atoms with Gasteiger partial charge < -0.3 is 19.3 Å². The topological polar surface area (TPSA) is 93.2 Å². The monoisotopic (exact) mass is 522 g/mol. The van der Waals surface area contributed by atoms with Crippen LogP contribution < -0.4 is 0 Å². The van der Waals surface area contributed by atoms with Crippen LogP contribution in [-0.4, -0.2) is 72.9 Å². The maximum atomic E-state index is 12.5. The summed E-state index contributed by atoms with van der Waals surface area (Å²) in [7, 11) is 0. The third kappa shape index (κ3) is 10.7. The molecule has 3 rings (SSSR count). The van der Waals surface area contributed by atoms with Crippen molar-refractivity contribution in [2.24, 2.45) is 0 Å². The number of amides is 2. The molecule has 0 saturated carbocycles. The van der Waals surface area contributed by atoms with E-state index >= 15 is 0 Å². The van der Waals surface area contributed by atoms with Crippen LogP contribution in [0.3, 0.4) is 0 Å². The predicted molar refractivity (Wildman–Crippen MR) is 143 cm³/mol. The van der Waals surface area contributed by atoms with Gasteiger partial charge in [0.2, 0.25) is 11.8 Å². The lowest BCUT2D eigenvalue weighted by Crippen LogP contribution is -2.50. The van der Waals surface area contributed by atoms with Crippen LogP contribution in [0.2, 0.25) is 0 Å². The molecule has 2 aromatic rings. The highest BCUT2D eigenvalue weighted by Gasteiger charge is 2.24. The zero-order chi connectivity index (χ0) is 27.0. The number of rotatable bonds is 14. The lowest BCUT2D eigenvalue weighted by Gasteiger charge is -2.34. The second-order valence-corrected chi connectivity index (χ2v) is 9.38. The Morgan fingerprint density at radius 1 is 0.553 bits per heavy atom. The lowest BCUT2D eigenvalue weighted by atomic mass is 10.1. The molecule has 1 saturated heterocycles. The number of carbonyl (C=O) groups excluding carboxylic acids is 4. The van der Waals surface area contributed by atoms with Crippen molar-refractivity contribution in [3.63, 3.8) is 0 Å². The summed E-state index contributed by atoms with van der Waals surface area (Å²) in [4.78, 5) is 52.3. The predicted octanol–water partition coefficient (Wildman–Crippen LogP) is 3.57. The summed E-state index contributed by atoms with van der Waals surface area (Å²) in [6.07, 6.45) is 3.46. The van der Waals surface area contributed by atoms with E-state index < -0.39 is 0 Å². The van der Waals surface area contributed by atoms with E-state index in [9.17, 15) is 19.2 Å². The molecule has 2 aromatic carbocycles. The van der Waals surface area contributed by atoms with Crippen LogP contribution in [0.5, 0.6) is 0 Å². The maximum Gasteiger partial charge on any atom is 0.306 e. The molecule has 0 unspecified atom stereocenters. The molecule has 38 heavy (non-hydrogen) atoms. The highest BCUT2D eigenvalue weighted by atomic mass is 16.5. The summed E-state index contributed by atoms with van der Waals surface area (Å²) in [6, 6.07) is 20.0. The minimum atomic E-state index is -0.368. The first-order chi connectivity index (χ1) is 18.5. The summed E-state index contributed by atoms with van der Waals surface area (Å²) in [5.74, 6) is -0.964. The Bertz CT molecular complexity index is 936. The summed E-state index contributed by atoms with van der Waals surface area (Å²) in [6.45, 7) is 2.34. The molecule has 0 radical (unpaired) electrons. The van der Waals surface area contributed by atoms with Gasteiger partial charge in [0, 0.05) is 39.0 Å². The van der Waals surface area contributed by atoms with Gasteiger partial charge in [-0.3, -0.25) is 19.2 Å². The molecule has 0 N–H and O–H groups in total. The highest BCUT2D eigenvalue weighted by Crippen LogP contribution is 2.10. The Morgan fingerprint density at radius 2 is 0.921 bits per heavy atom. The summed E-state index contributed by atoms with van der Waals surface area (Å²) < 4.78 is 10.5. The summed E-state index contributed by atoms with van der Waals surface area (Å²) in [5, 5.41) is 0. The molecule has 1 fully saturated rings. The number of hydrogen-bond acceptors (Lipinski definition) is 6. The fourth-order valence-corrected chi connectivity index (χ4v) is 4.30. The van der Waals surface area contributed by atoms with Crippen molar-refractivity contribution in [3.8, 4) is 0 Å². The second kappa shape index (κ2) is 16.2. The molecule has 0 aromatic heterocycles. The van der Waals surface area contributed by atoms with E-state index in [0.717, 1.165) is 25.7 Å². The molecule has 8 heteroatoms. The van der Waals surface area contributed by atoms with Crippen molar-refractivity contribution in [1.29, 1.82) is 0 Å². The number of piperazine rings is 1. The van der Waals surface area contributed by atoms with E-state index in [4.69, 9.17) is 9.47 Å². The molecular formula is C30H38N2O6. The number of benzene rings is 2. The van der Waals surface area contributed by atoms with Crippen LogP contribution in [0.15, 0.2) is 60.7 Å². The van der Waals surface area contributed by atoms with E-state index in [1.54, 1.807) is 9.80 Å². The van der Waals surface area contributed by atoms with Crippen molar-refractivity contribution in [2.75, 3.05) is 39.4 Å². The van der Waals surface area contributed by atoms with Crippen LogP contribution in [0, 0.1) is 0 Å². The normalized spacial score (nSPS) is 13.2. The Morgan fingerprint density at radius 3 is 1.29 bits per heavy atom. The van der Waals surface area contributed by atoms with Crippen molar-refractivity contribution >= 4 is 23.8 Å². The van der Waals surface area contributed by atoms with Crippen molar-refractivity contribution in [3.05, 3.63) is 71.8 Å². The quantitative estimate of drug-likeness (QED) is 0.278. The van der Waals surface area contributed by atoms with Crippen molar-refractivity contribution in [1.82, 2.24) is 9.80 Å². The number of nitrogens with zero attached hydrogens (tertiary/aromatic N) is 2. The molecule has 0 bridgehead atoms. The van der Waals surface area contributed by atoms with Gasteiger partial charge in [-0.2, -0.15) is 0 Å². The van der Waals surface area contributed by atoms with E-state index in [1.807, 2.05) is 60.7 Å². The summed E-state index contributed by atoms with van der Waals surface area (Å²) in [5.41, 5.74) is 2.40. The Hall–Kier alpha value is -3.68. The van der Waals surface area contributed by atoms with E-state index in [0.29, 0.717) is 39.4 Å². The molecule has 1 heterocycles. The molecule has 1 aliphatic heterocycles. The van der Waals surface area contributed by atoms with Gasteiger partial charge in [-0.25, -0.2) is 0 Å². The number of hydrogen-bond donors (Lipinski definition) is 0.